The maximum atomic E-state index is 14.0. The summed E-state index contributed by atoms with van der Waals surface area (Å²) in [4.78, 5) is 30.7. The van der Waals surface area contributed by atoms with Crippen LogP contribution in [0.1, 0.15) is 91.6 Å². The molecule has 3 heterocycles. The molecular weight excluding hydrogens is 613 g/mol. The molecule has 6 rings (SSSR count). The molecule has 2 atom stereocenters. The van der Waals surface area contributed by atoms with Crippen molar-refractivity contribution in [2.45, 2.75) is 94.4 Å². The minimum absolute atomic E-state index is 0.00772. The number of nitrogens with one attached hydrogen (secondary N) is 2. The van der Waals surface area contributed by atoms with Crippen molar-refractivity contribution in [2.75, 3.05) is 0 Å². The van der Waals surface area contributed by atoms with Crippen LogP contribution in [0.2, 0.25) is 0 Å². The van der Waals surface area contributed by atoms with Gasteiger partial charge in [-0.15, -0.1) is 5.10 Å². The Bertz CT molecular complexity index is 1550. The maximum absolute atomic E-state index is 14.0. The smallest absolute Gasteiger partial charge is 0.349 e. The van der Waals surface area contributed by atoms with E-state index in [1.165, 1.54) is 4.52 Å². The first-order valence-electron chi connectivity index (χ1n) is 14.8. The second-order valence-electron chi connectivity index (χ2n) is 12.5. The zero-order valence-electron chi connectivity index (χ0n) is 23.9. The number of alkyl halides is 7. The Labute approximate surface area is 252 Å². The van der Waals surface area contributed by atoms with Gasteiger partial charge < -0.3 is 10.6 Å². The van der Waals surface area contributed by atoms with Crippen molar-refractivity contribution in [3.05, 3.63) is 41.6 Å². The molecule has 0 spiro atoms. The molecule has 0 bridgehead atoms. The molecule has 1 unspecified atom stereocenters. The summed E-state index contributed by atoms with van der Waals surface area (Å²) in [6.07, 6.45) is -0.139. The average Bonchev–Trinajstić information content (AvgIpc) is 3.51. The van der Waals surface area contributed by atoms with Crippen molar-refractivity contribution in [1.82, 2.24) is 40.2 Å². The van der Waals surface area contributed by atoms with E-state index in [4.69, 9.17) is 0 Å². The molecule has 0 saturated heterocycles. The topological polar surface area (TPSA) is 119 Å². The van der Waals surface area contributed by atoms with E-state index < -0.39 is 61.3 Å². The van der Waals surface area contributed by atoms with E-state index in [9.17, 15) is 40.3 Å². The lowest BCUT2D eigenvalue weighted by atomic mass is 9.79. The van der Waals surface area contributed by atoms with Gasteiger partial charge in [0.1, 0.15) is 0 Å². The number of rotatable bonds is 10. The second kappa shape index (κ2) is 11.5. The summed E-state index contributed by atoms with van der Waals surface area (Å²) in [5.74, 6) is -7.38. The minimum Gasteiger partial charge on any atom is -0.349 e. The Morgan fingerprint density at radius 1 is 0.933 bits per heavy atom. The van der Waals surface area contributed by atoms with E-state index in [2.05, 4.69) is 30.9 Å². The number of aromatic nitrogens is 6. The fourth-order valence-electron chi connectivity index (χ4n) is 6.24. The largest absolute Gasteiger partial charge is 0.409 e. The van der Waals surface area contributed by atoms with Crippen molar-refractivity contribution in [2.24, 2.45) is 17.8 Å². The van der Waals surface area contributed by atoms with E-state index >= 15 is 0 Å². The van der Waals surface area contributed by atoms with Crippen LogP contribution in [0.25, 0.3) is 5.65 Å². The first kappa shape index (κ1) is 31.2. The molecule has 3 aliphatic rings. The highest BCUT2D eigenvalue weighted by atomic mass is 19.4. The van der Waals surface area contributed by atoms with Crippen LogP contribution in [0, 0.1) is 17.8 Å². The molecule has 3 saturated carbocycles. The number of fused-ring (bicyclic) bond motifs is 1. The van der Waals surface area contributed by atoms with Gasteiger partial charge in [-0.25, -0.2) is 27.1 Å². The molecule has 10 nitrogen and oxygen atoms in total. The summed E-state index contributed by atoms with van der Waals surface area (Å²) >= 11 is 0. The molecule has 3 aliphatic carbocycles. The van der Waals surface area contributed by atoms with Crippen LogP contribution in [-0.2, 0) is 11.3 Å². The number of imidazole rings is 1. The van der Waals surface area contributed by atoms with Gasteiger partial charge in [0, 0.05) is 32.1 Å². The second-order valence-corrected chi connectivity index (χ2v) is 12.5. The number of hydrogen-bond donors (Lipinski definition) is 2. The normalized spacial score (nSPS) is 21.7. The fraction of sp³-hybridized carbons (Fsp3) is 0.643. The van der Waals surface area contributed by atoms with Crippen molar-refractivity contribution in [3.63, 3.8) is 0 Å². The minimum atomic E-state index is -4.60. The van der Waals surface area contributed by atoms with Crippen molar-refractivity contribution >= 4 is 17.5 Å². The third-order valence-electron chi connectivity index (χ3n) is 8.71. The predicted molar refractivity (Wildman–Crippen MR) is 142 cm³/mol. The third kappa shape index (κ3) is 7.54. The van der Waals surface area contributed by atoms with Crippen LogP contribution in [0.4, 0.5) is 30.7 Å². The molecule has 0 radical (unpaired) electrons. The number of carbonyl (C=O) groups is 2. The van der Waals surface area contributed by atoms with Gasteiger partial charge in [-0.05, 0) is 55.1 Å². The van der Waals surface area contributed by atoms with E-state index in [1.54, 1.807) is 18.5 Å². The Hall–Kier alpha value is -3.79. The predicted octanol–water partition coefficient (Wildman–Crippen LogP) is 5.18. The zero-order chi connectivity index (χ0) is 32.1. The van der Waals surface area contributed by atoms with Gasteiger partial charge in [-0.3, -0.25) is 9.59 Å². The lowest BCUT2D eigenvalue weighted by Crippen LogP contribution is -2.39. The van der Waals surface area contributed by atoms with Crippen molar-refractivity contribution in [1.29, 1.82) is 0 Å². The van der Waals surface area contributed by atoms with E-state index in [0.717, 1.165) is 19.0 Å². The van der Waals surface area contributed by atoms with Crippen molar-refractivity contribution < 1.29 is 40.3 Å². The lowest BCUT2D eigenvalue weighted by molar-refractivity contribution is -0.145. The van der Waals surface area contributed by atoms with Crippen LogP contribution in [0.15, 0.2) is 24.7 Å². The summed E-state index contributed by atoms with van der Waals surface area (Å²) in [5.41, 5.74) is 0.957. The first-order chi connectivity index (χ1) is 21.1. The highest BCUT2D eigenvalue weighted by molar-refractivity contribution is 5.92. The van der Waals surface area contributed by atoms with Crippen LogP contribution in [0.3, 0.4) is 0 Å². The Balaban J connectivity index is 1.21. The number of halogens is 7. The van der Waals surface area contributed by atoms with Gasteiger partial charge in [0.05, 0.1) is 36.4 Å². The van der Waals surface area contributed by atoms with Gasteiger partial charge in [-0.1, -0.05) is 0 Å². The van der Waals surface area contributed by atoms with E-state index in [1.807, 2.05) is 0 Å². The van der Waals surface area contributed by atoms with E-state index in [0.29, 0.717) is 21.7 Å². The maximum Gasteiger partial charge on any atom is 0.409 e. The molecule has 45 heavy (non-hydrogen) atoms. The first-order valence-corrected chi connectivity index (χ1v) is 14.8. The number of carbonyl (C=O) groups excluding carboxylic acids is 2. The molecule has 0 aliphatic heterocycles. The van der Waals surface area contributed by atoms with Gasteiger partial charge in [0.25, 0.3) is 5.91 Å². The molecule has 2 N–H and O–H groups in total. The molecule has 3 aromatic heterocycles. The zero-order valence-corrected chi connectivity index (χ0v) is 23.9. The van der Waals surface area contributed by atoms with Gasteiger partial charge in [-0.2, -0.15) is 28.2 Å². The summed E-state index contributed by atoms with van der Waals surface area (Å²) in [5, 5.41) is 17.2. The van der Waals surface area contributed by atoms with Crippen molar-refractivity contribution in [3.8, 4) is 0 Å². The third-order valence-corrected chi connectivity index (χ3v) is 8.71. The Morgan fingerprint density at radius 2 is 1.62 bits per heavy atom. The van der Waals surface area contributed by atoms with Gasteiger partial charge in [0.2, 0.25) is 17.8 Å². The standard InChI is InChI=1S/C28H31F7N8O2/c29-26(30)5-3-17(4-6-26)24(40-25(45)19-12-37-43(41-19)14-28(33,34)35)20-13-42-21(38-20)8-18(11-36-42)23(16-1-2-16)39-22(44)7-15-9-27(31,32)10-15/h8,11-13,15-17,23-24H,1-7,9-10,14H2,(H,39,44)(H,40,45)/t23?,24-/m0/s1. The van der Waals surface area contributed by atoms with Gasteiger partial charge in [0.15, 0.2) is 17.9 Å². The van der Waals surface area contributed by atoms with Crippen LogP contribution in [0.5, 0.6) is 0 Å². The van der Waals surface area contributed by atoms with Gasteiger partial charge >= 0.3 is 6.18 Å². The van der Waals surface area contributed by atoms with Crippen LogP contribution in [-0.4, -0.2) is 59.4 Å². The molecule has 3 fully saturated rings. The van der Waals surface area contributed by atoms with Crippen LogP contribution < -0.4 is 10.6 Å². The summed E-state index contributed by atoms with van der Waals surface area (Å²) in [7, 11) is 0. The average molecular weight is 645 g/mol. The quantitative estimate of drug-likeness (QED) is 0.294. The number of nitrogens with zero attached hydrogens (tertiary/aromatic N) is 6. The molecule has 3 aromatic rings. The van der Waals surface area contributed by atoms with Crippen LogP contribution >= 0.6 is 0 Å². The monoisotopic (exact) mass is 644 g/mol. The molecule has 2 amide bonds. The summed E-state index contributed by atoms with van der Waals surface area (Å²) in [6.45, 7) is -1.49. The summed E-state index contributed by atoms with van der Waals surface area (Å²) in [6, 6.07) is 0.436. The highest BCUT2D eigenvalue weighted by Gasteiger charge is 2.46. The Morgan fingerprint density at radius 3 is 2.27 bits per heavy atom. The number of hydrogen-bond acceptors (Lipinski definition) is 6. The fourth-order valence-corrected chi connectivity index (χ4v) is 6.24. The molecule has 244 valence electrons. The SMILES string of the molecule is O=C(CC1CC(F)(F)C1)NC(c1cnn2cc([C@@H](NC(=O)c3cnn(CC(F)(F)F)n3)C3CCC(F)(F)CC3)nc2c1)C1CC1. The molecule has 0 aromatic carbocycles. The summed E-state index contributed by atoms with van der Waals surface area (Å²) < 4.78 is 94.1. The Kier molecular flexibility index (Phi) is 8.00. The molecular formula is C28H31F7N8O2. The molecule has 17 heteroatoms. The highest BCUT2D eigenvalue weighted by Crippen LogP contribution is 2.45. The lowest BCUT2D eigenvalue weighted by Gasteiger charge is -2.34. The van der Waals surface area contributed by atoms with E-state index in [-0.39, 0.29) is 55.5 Å². The number of amides is 2.